The van der Waals surface area contributed by atoms with E-state index in [-0.39, 0.29) is 48.7 Å². The van der Waals surface area contributed by atoms with Gasteiger partial charge >= 0.3 is 0 Å². The van der Waals surface area contributed by atoms with Crippen molar-refractivity contribution in [3.63, 3.8) is 0 Å². The van der Waals surface area contributed by atoms with Crippen LogP contribution in [0.15, 0.2) is 0 Å². The molecule has 0 aromatic heterocycles. The van der Waals surface area contributed by atoms with E-state index >= 15 is 0 Å². The molecule has 4 fully saturated rings. The summed E-state index contributed by atoms with van der Waals surface area (Å²) in [6.07, 6.45) is 1.18. The second kappa shape index (κ2) is 8.22. The maximum atomic E-state index is 13.3. The van der Waals surface area contributed by atoms with Gasteiger partial charge in [-0.15, -0.1) is 0 Å². The molecule has 6 N–H and O–H groups in total. The summed E-state index contributed by atoms with van der Waals surface area (Å²) in [6, 6.07) is 0. The number of carbonyl (C=O) groups is 1. The molecule has 34 heavy (non-hydrogen) atoms. The molecule has 1 unspecified atom stereocenters. The van der Waals surface area contributed by atoms with Crippen LogP contribution in [0.4, 0.5) is 0 Å². The van der Waals surface area contributed by atoms with Crippen LogP contribution in [0.5, 0.6) is 0 Å². The van der Waals surface area contributed by atoms with E-state index in [1.807, 2.05) is 6.92 Å². The third-order valence-electron chi connectivity index (χ3n) is 11.1. The second-order valence-corrected chi connectivity index (χ2v) is 13.6. The summed E-state index contributed by atoms with van der Waals surface area (Å²) in [7, 11) is 0. The highest BCUT2D eigenvalue weighted by molar-refractivity contribution is 5.83. The fourth-order valence-electron chi connectivity index (χ4n) is 8.98. The normalized spacial score (nSPS) is 49.6. The van der Waals surface area contributed by atoms with E-state index in [0.717, 1.165) is 6.42 Å². The highest BCUT2D eigenvalue weighted by Gasteiger charge is 2.71. The van der Waals surface area contributed by atoms with Gasteiger partial charge in [0.05, 0.1) is 35.1 Å². The summed E-state index contributed by atoms with van der Waals surface area (Å²) in [4.78, 5) is 13.3. The highest BCUT2D eigenvalue weighted by atomic mass is 16.3. The average Bonchev–Trinajstić information content (AvgIpc) is 3.00. The third-order valence-corrected chi connectivity index (χ3v) is 11.1. The molecular formula is C27H46O7. The first-order chi connectivity index (χ1) is 15.5. The Hall–Kier alpha value is -0.570. The molecule has 0 radical (unpaired) electrons. The first-order valence-corrected chi connectivity index (χ1v) is 13.2. The highest BCUT2D eigenvalue weighted by Crippen LogP contribution is 2.69. The van der Waals surface area contributed by atoms with Crippen molar-refractivity contribution in [1.82, 2.24) is 0 Å². The van der Waals surface area contributed by atoms with Crippen LogP contribution in [0.3, 0.4) is 0 Å². The fraction of sp³-hybridized carbons (Fsp3) is 0.963. The first kappa shape index (κ1) is 26.5. The van der Waals surface area contributed by atoms with Crippen molar-refractivity contribution in [3.05, 3.63) is 0 Å². The molecule has 0 amide bonds. The first-order valence-electron chi connectivity index (χ1n) is 13.2. The minimum atomic E-state index is -1.44. The van der Waals surface area contributed by atoms with E-state index in [4.69, 9.17) is 0 Å². The zero-order chi connectivity index (χ0) is 25.5. The molecule has 196 valence electrons. The molecule has 0 heterocycles. The fourth-order valence-corrected chi connectivity index (χ4v) is 8.98. The van der Waals surface area contributed by atoms with Gasteiger partial charge in [0.25, 0.3) is 0 Å². The Morgan fingerprint density at radius 2 is 1.68 bits per heavy atom. The lowest BCUT2D eigenvalue weighted by molar-refractivity contribution is -0.232. The van der Waals surface area contributed by atoms with Gasteiger partial charge in [0.15, 0.2) is 0 Å². The summed E-state index contributed by atoms with van der Waals surface area (Å²) in [5.41, 5.74) is -4.66. The van der Waals surface area contributed by atoms with Gasteiger partial charge in [-0.05, 0) is 95.3 Å². The maximum Gasteiger partial charge on any atom is 0.137 e. The number of hydrogen-bond donors (Lipinski definition) is 6. The van der Waals surface area contributed by atoms with E-state index in [9.17, 15) is 35.4 Å². The summed E-state index contributed by atoms with van der Waals surface area (Å²) >= 11 is 0. The Bertz CT molecular complexity index is 805. The zero-order valence-corrected chi connectivity index (χ0v) is 21.5. The second-order valence-electron chi connectivity index (χ2n) is 13.6. The van der Waals surface area contributed by atoms with Crippen LogP contribution in [-0.4, -0.2) is 71.5 Å². The molecule has 0 bridgehead atoms. The quantitative estimate of drug-likeness (QED) is 0.352. The number of carbonyl (C=O) groups excluding carboxylic acids is 1. The molecule has 0 aromatic rings. The molecule has 0 aromatic carbocycles. The van der Waals surface area contributed by atoms with Crippen molar-refractivity contribution in [2.75, 3.05) is 0 Å². The minimum Gasteiger partial charge on any atom is -0.390 e. The van der Waals surface area contributed by atoms with Gasteiger partial charge < -0.3 is 30.6 Å². The Kier molecular flexibility index (Phi) is 6.40. The number of ketones is 1. The van der Waals surface area contributed by atoms with Gasteiger partial charge in [0, 0.05) is 17.8 Å². The van der Waals surface area contributed by atoms with Crippen LogP contribution in [-0.2, 0) is 4.79 Å². The molecule has 4 rings (SSSR count). The summed E-state index contributed by atoms with van der Waals surface area (Å²) in [5, 5.41) is 65.6. The van der Waals surface area contributed by atoms with Crippen molar-refractivity contribution in [2.45, 2.75) is 128 Å². The Balaban J connectivity index is 1.62. The Morgan fingerprint density at radius 1 is 1.03 bits per heavy atom. The molecule has 4 saturated carbocycles. The smallest absolute Gasteiger partial charge is 0.137 e. The van der Waals surface area contributed by atoms with Crippen molar-refractivity contribution in [2.24, 2.45) is 34.5 Å². The average molecular weight is 483 g/mol. The van der Waals surface area contributed by atoms with Crippen LogP contribution in [0, 0.1) is 34.5 Å². The SMILES string of the molecule is CC(C)(O)CCC(O)[C@](C)(O)[C@H]1CC[C@@]2(O)[C@@H]3CC(=O)[C@@H]4C[C@@H](O)[C@@H](O)C[C@]4(C)[C@H]3CC[C@]12C. The predicted octanol–water partition coefficient (Wildman–Crippen LogP) is 1.93. The lowest BCUT2D eigenvalue weighted by Crippen LogP contribution is -2.66. The number of fused-ring (bicyclic) bond motifs is 5. The number of aliphatic hydroxyl groups is 6. The van der Waals surface area contributed by atoms with E-state index in [2.05, 4.69) is 6.92 Å². The number of Topliss-reactive ketones (excluding diaryl/α,β-unsaturated/α-hetero) is 1. The summed E-state index contributed by atoms with van der Waals surface area (Å²) in [5.74, 6) is -0.796. The molecule has 0 saturated heterocycles. The van der Waals surface area contributed by atoms with Crippen LogP contribution in [0.1, 0.15) is 92.4 Å². The monoisotopic (exact) mass is 482 g/mol. The summed E-state index contributed by atoms with van der Waals surface area (Å²) in [6.45, 7) is 9.08. The van der Waals surface area contributed by atoms with E-state index < -0.39 is 45.9 Å². The van der Waals surface area contributed by atoms with Crippen molar-refractivity contribution in [1.29, 1.82) is 0 Å². The molecule has 4 aliphatic carbocycles. The largest absolute Gasteiger partial charge is 0.390 e. The molecule has 11 atom stereocenters. The lowest BCUT2D eigenvalue weighted by atomic mass is 9.42. The van der Waals surface area contributed by atoms with E-state index in [1.165, 1.54) is 0 Å². The van der Waals surface area contributed by atoms with Crippen molar-refractivity contribution < 1.29 is 35.4 Å². The van der Waals surface area contributed by atoms with Crippen LogP contribution in [0.2, 0.25) is 0 Å². The Labute approximate surface area is 203 Å². The summed E-state index contributed by atoms with van der Waals surface area (Å²) < 4.78 is 0. The van der Waals surface area contributed by atoms with Crippen LogP contribution < -0.4 is 0 Å². The zero-order valence-electron chi connectivity index (χ0n) is 21.5. The van der Waals surface area contributed by atoms with Gasteiger partial charge in [-0.1, -0.05) is 13.8 Å². The molecule has 4 aliphatic rings. The molecule has 7 nitrogen and oxygen atoms in total. The van der Waals surface area contributed by atoms with E-state index in [1.54, 1.807) is 20.8 Å². The Morgan fingerprint density at radius 3 is 2.29 bits per heavy atom. The van der Waals surface area contributed by atoms with Crippen LogP contribution >= 0.6 is 0 Å². The molecule has 0 spiro atoms. The number of hydrogen-bond acceptors (Lipinski definition) is 7. The number of aliphatic hydroxyl groups excluding tert-OH is 3. The van der Waals surface area contributed by atoms with Gasteiger partial charge in [-0.25, -0.2) is 0 Å². The van der Waals surface area contributed by atoms with Crippen molar-refractivity contribution >= 4 is 5.78 Å². The third kappa shape index (κ3) is 3.81. The van der Waals surface area contributed by atoms with Gasteiger partial charge in [-0.2, -0.15) is 0 Å². The molecular weight excluding hydrogens is 436 g/mol. The van der Waals surface area contributed by atoms with Gasteiger partial charge in [-0.3, -0.25) is 4.79 Å². The van der Waals surface area contributed by atoms with Crippen LogP contribution in [0.25, 0.3) is 0 Å². The van der Waals surface area contributed by atoms with Crippen molar-refractivity contribution in [3.8, 4) is 0 Å². The van der Waals surface area contributed by atoms with E-state index in [0.29, 0.717) is 32.1 Å². The predicted molar refractivity (Wildman–Crippen MR) is 127 cm³/mol. The molecule has 0 aliphatic heterocycles. The van der Waals surface area contributed by atoms with Gasteiger partial charge in [0.1, 0.15) is 5.78 Å². The maximum absolute atomic E-state index is 13.3. The number of rotatable bonds is 5. The van der Waals surface area contributed by atoms with Gasteiger partial charge in [0.2, 0.25) is 0 Å². The molecule has 7 heteroatoms. The topological polar surface area (TPSA) is 138 Å². The minimum absolute atomic E-state index is 0.0548. The lowest BCUT2D eigenvalue weighted by Gasteiger charge is -2.64. The standard InChI is InChI=1S/C27H46O7/c1-23(2,32)9-8-22(31)26(5,33)21-7-11-27(34)16-12-18(28)17-13-19(29)20(30)14-24(17,3)15(16)6-10-25(21,27)4/h15-17,19-22,29-34H,6-14H2,1-5H3/t15-,16+,17-,19+,20-,21-,22?,24+,25+,26+,27+/m0/s1.